The van der Waals surface area contributed by atoms with Crippen molar-refractivity contribution < 1.29 is 14.3 Å². The molecule has 0 saturated heterocycles. The molecule has 0 bridgehead atoms. The summed E-state index contributed by atoms with van der Waals surface area (Å²) in [5.41, 5.74) is 2.28. The molecular weight excluding hydrogens is 314 g/mol. The van der Waals surface area contributed by atoms with E-state index in [0.29, 0.717) is 5.70 Å². The molecule has 2 heterocycles. The first kappa shape index (κ1) is 18.1. The molecule has 1 aromatic heterocycles. The Kier molecular flexibility index (Phi) is 4.71. The van der Waals surface area contributed by atoms with Crippen molar-refractivity contribution in [2.45, 2.75) is 66.8 Å². The zero-order chi connectivity index (χ0) is 17.6. The van der Waals surface area contributed by atoms with Crippen molar-refractivity contribution in [2.75, 3.05) is 0 Å². The zero-order valence-corrected chi connectivity index (χ0v) is 15.7. The maximum atomic E-state index is 12.0. The van der Waals surface area contributed by atoms with E-state index in [2.05, 4.69) is 20.8 Å². The predicted octanol–water partition coefficient (Wildman–Crippen LogP) is 4.63. The summed E-state index contributed by atoms with van der Waals surface area (Å²) < 4.78 is 13.4. The van der Waals surface area contributed by atoms with E-state index < -0.39 is 17.9 Å². The van der Waals surface area contributed by atoms with Gasteiger partial charge in [0, 0.05) is 11.9 Å². The molecule has 4 nitrogen and oxygen atoms in total. The van der Waals surface area contributed by atoms with E-state index in [9.17, 15) is 4.79 Å². The first-order valence-corrected chi connectivity index (χ1v) is 8.22. The van der Waals surface area contributed by atoms with E-state index in [1.54, 1.807) is 0 Å². The van der Waals surface area contributed by atoms with Crippen LogP contribution in [-0.4, -0.2) is 22.4 Å². The lowest BCUT2D eigenvalue weighted by Crippen LogP contribution is -2.36. The smallest absolute Gasteiger partial charge is 0.354 e. The minimum absolute atomic E-state index is 0.0836. The molecular formula is C18H26ClNO3. The Morgan fingerprint density at radius 1 is 1.26 bits per heavy atom. The van der Waals surface area contributed by atoms with E-state index in [1.807, 2.05) is 44.5 Å². The van der Waals surface area contributed by atoms with Crippen LogP contribution in [0.2, 0.25) is 0 Å². The van der Waals surface area contributed by atoms with Gasteiger partial charge >= 0.3 is 5.97 Å². The summed E-state index contributed by atoms with van der Waals surface area (Å²) in [5.74, 6) is -0.538. The van der Waals surface area contributed by atoms with Gasteiger partial charge in [0.2, 0.25) is 6.29 Å². The second kappa shape index (κ2) is 5.99. The van der Waals surface area contributed by atoms with Gasteiger partial charge in [-0.1, -0.05) is 32.4 Å². The molecule has 0 fully saturated rings. The summed E-state index contributed by atoms with van der Waals surface area (Å²) in [6, 6.07) is 2.03. The molecule has 1 aliphatic heterocycles. The average molecular weight is 340 g/mol. The van der Waals surface area contributed by atoms with Crippen LogP contribution < -0.4 is 0 Å². The summed E-state index contributed by atoms with van der Waals surface area (Å²) in [6.07, 6.45) is 1.96. The third kappa shape index (κ3) is 4.18. The molecule has 1 aliphatic rings. The molecule has 1 aromatic rings. The van der Waals surface area contributed by atoms with Crippen molar-refractivity contribution in [3.8, 4) is 0 Å². The number of ether oxygens (including phenoxy) is 2. The molecule has 0 amide bonds. The molecule has 1 unspecified atom stereocenters. The van der Waals surface area contributed by atoms with Crippen LogP contribution in [0.3, 0.4) is 0 Å². The van der Waals surface area contributed by atoms with Crippen LogP contribution in [0.1, 0.15) is 52.3 Å². The van der Waals surface area contributed by atoms with Gasteiger partial charge < -0.3 is 14.0 Å². The number of nitrogens with zero attached hydrogens (tertiary/aromatic N) is 1. The van der Waals surface area contributed by atoms with Crippen molar-refractivity contribution in [3.05, 3.63) is 28.6 Å². The average Bonchev–Trinajstić information content (AvgIpc) is 2.76. The van der Waals surface area contributed by atoms with Gasteiger partial charge in [0.15, 0.2) is 5.03 Å². The molecule has 0 aliphatic carbocycles. The number of aryl methyl sites for hydroxylation is 2. The Bertz CT molecular complexity index is 650. The quantitative estimate of drug-likeness (QED) is 0.751. The third-order valence-corrected chi connectivity index (χ3v) is 3.98. The Labute approximate surface area is 143 Å². The summed E-state index contributed by atoms with van der Waals surface area (Å²) >= 11 is 6.21. The molecule has 0 spiro atoms. The summed E-state index contributed by atoms with van der Waals surface area (Å²) in [6.45, 7) is 14.4. The Morgan fingerprint density at radius 3 is 2.35 bits per heavy atom. The van der Waals surface area contributed by atoms with Crippen molar-refractivity contribution in [3.63, 3.8) is 0 Å². The van der Waals surface area contributed by atoms with Gasteiger partial charge in [-0.25, -0.2) is 4.79 Å². The van der Waals surface area contributed by atoms with Gasteiger partial charge in [-0.3, -0.25) is 0 Å². The monoisotopic (exact) mass is 339 g/mol. The van der Waals surface area contributed by atoms with E-state index >= 15 is 0 Å². The van der Waals surface area contributed by atoms with Gasteiger partial charge in [0.25, 0.3) is 0 Å². The van der Waals surface area contributed by atoms with Crippen molar-refractivity contribution >= 4 is 23.3 Å². The molecule has 0 saturated carbocycles. The highest BCUT2D eigenvalue weighted by Gasteiger charge is 2.40. The van der Waals surface area contributed by atoms with Crippen molar-refractivity contribution in [1.29, 1.82) is 0 Å². The highest BCUT2D eigenvalue weighted by molar-refractivity contribution is 6.44. The largest absolute Gasteiger partial charge is 0.425 e. The molecule has 0 radical (unpaired) electrons. The Morgan fingerprint density at radius 2 is 1.87 bits per heavy atom. The minimum Gasteiger partial charge on any atom is -0.425 e. The molecule has 128 valence electrons. The van der Waals surface area contributed by atoms with Crippen LogP contribution in [0.25, 0.3) is 5.70 Å². The number of esters is 1. The third-order valence-electron chi connectivity index (χ3n) is 3.63. The predicted molar refractivity (Wildman–Crippen MR) is 92.1 cm³/mol. The molecule has 5 heteroatoms. The fourth-order valence-corrected chi connectivity index (χ4v) is 3.55. The molecule has 23 heavy (non-hydrogen) atoms. The fraction of sp³-hybridized carbons (Fsp3) is 0.611. The SMILES string of the molecule is Cc1cc(C)n(C2=C(Cl)C(=O)OC2OC(C)(C)CC(C)(C)C)c1. The second-order valence-corrected chi connectivity index (χ2v) is 8.46. The van der Waals surface area contributed by atoms with Crippen LogP contribution in [0, 0.1) is 19.3 Å². The summed E-state index contributed by atoms with van der Waals surface area (Å²) in [4.78, 5) is 12.0. The topological polar surface area (TPSA) is 40.5 Å². The van der Waals surface area contributed by atoms with E-state index in [-0.39, 0.29) is 10.4 Å². The molecule has 0 aromatic carbocycles. The number of carbonyl (C=O) groups is 1. The zero-order valence-electron chi connectivity index (χ0n) is 15.0. The molecule has 0 N–H and O–H groups in total. The molecule has 1 atom stereocenters. The van der Waals surface area contributed by atoms with Gasteiger partial charge in [-0.15, -0.1) is 0 Å². The van der Waals surface area contributed by atoms with Crippen molar-refractivity contribution in [1.82, 2.24) is 4.57 Å². The minimum atomic E-state index is -0.794. The lowest BCUT2D eigenvalue weighted by Gasteiger charge is -2.34. The normalized spacial score (nSPS) is 19.5. The van der Waals surface area contributed by atoms with E-state index in [1.165, 1.54) is 0 Å². The maximum absolute atomic E-state index is 12.0. The lowest BCUT2D eigenvalue weighted by molar-refractivity contribution is -0.183. The van der Waals surface area contributed by atoms with Crippen LogP contribution in [0.15, 0.2) is 17.3 Å². The number of hydrogen-bond donors (Lipinski definition) is 0. The number of hydrogen-bond acceptors (Lipinski definition) is 3. The number of aromatic nitrogens is 1. The van der Waals surface area contributed by atoms with E-state index in [0.717, 1.165) is 17.7 Å². The Balaban J connectivity index is 2.32. The lowest BCUT2D eigenvalue weighted by atomic mass is 9.83. The summed E-state index contributed by atoms with van der Waals surface area (Å²) in [7, 11) is 0. The van der Waals surface area contributed by atoms with E-state index in [4.69, 9.17) is 21.1 Å². The standard InChI is InChI=1S/C18H26ClNO3/c1-11-8-12(2)20(9-11)14-13(19)15(21)22-16(14)23-18(6,7)10-17(3,4)5/h8-9,16H,10H2,1-7H3. The first-order valence-electron chi connectivity index (χ1n) is 7.84. The Hall–Kier alpha value is -1.26. The highest BCUT2D eigenvalue weighted by Crippen LogP contribution is 2.37. The van der Waals surface area contributed by atoms with Gasteiger partial charge in [-0.05, 0) is 51.2 Å². The number of cyclic esters (lactones) is 1. The van der Waals surface area contributed by atoms with Crippen LogP contribution in [-0.2, 0) is 14.3 Å². The van der Waals surface area contributed by atoms with Gasteiger partial charge in [0.1, 0.15) is 5.70 Å². The van der Waals surface area contributed by atoms with Gasteiger partial charge in [0.05, 0.1) is 5.60 Å². The first-order chi connectivity index (χ1) is 10.4. The summed E-state index contributed by atoms with van der Waals surface area (Å²) in [5, 5.41) is 0.0836. The number of carbonyl (C=O) groups excluding carboxylic acids is 1. The second-order valence-electron chi connectivity index (χ2n) is 8.08. The number of rotatable bonds is 4. The van der Waals surface area contributed by atoms with Crippen LogP contribution in [0.4, 0.5) is 0 Å². The molecule has 2 rings (SSSR count). The number of halogens is 1. The fourth-order valence-electron chi connectivity index (χ4n) is 3.32. The van der Waals surface area contributed by atoms with Crippen LogP contribution in [0.5, 0.6) is 0 Å². The van der Waals surface area contributed by atoms with Crippen LogP contribution >= 0.6 is 11.6 Å². The van der Waals surface area contributed by atoms with Crippen molar-refractivity contribution in [2.24, 2.45) is 5.41 Å². The van der Waals surface area contributed by atoms with Gasteiger partial charge in [-0.2, -0.15) is 0 Å². The maximum Gasteiger partial charge on any atom is 0.354 e. The highest BCUT2D eigenvalue weighted by atomic mass is 35.5.